The van der Waals surface area contributed by atoms with Crippen molar-refractivity contribution in [1.82, 2.24) is 9.88 Å². The number of nitrogens with one attached hydrogen (secondary N) is 1. The molecule has 5 nitrogen and oxygen atoms in total. The van der Waals surface area contributed by atoms with Crippen molar-refractivity contribution in [2.75, 3.05) is 0 Å². The molecule has 0 aliphatic heterocycles. The number of carboxylic acids is 1. The molecule has 0 aromatic carbocycles. The maximum absolute atomic E-state index is 12.9. The third-order valence-corrected chi connectivity index (χ3v) is 2.94. The number of alkyl halides is 2. The summed E-state index contributed by atoms with van der Waals surface area (Å²) in [5.74, 6) is -1.72. The van der Waals surface area contributed by atoms with E-state index in [1.54, 1.807) is 0 Å². The van der Waals surface area contributed by atoms with E-state index < -0.39 is 24.5 Å². The van der Waals surface area contributed by atoms with Crippen LogP contribution in [0.1, 0.15) is 48.9 Å². The molecule has 2 N–H and O–H groups in total. The smallest absolute Gasteiger partial charge is 0.319 e. The van der Waals surface area contributed by atoms with Gasteiger partial charge in [0, 0.05) is 11.7 Å². The highest BCUT2D eigenvalue weighted by Crippen LogP contribution is 2.19. The Morgan fingerprint density at radius 1 is 1.40 bits per heavy atom. The number of hydrogen-bond acceptors (Lipinski definition) is 2. The van der Waals surface area contributed by atoms with E-state index in [1.807, 2.05) is 6.92 Å². The van der Waals surface area contributed by atoms with Crippen molar-refractivity contribution in [3.05, 3.63) is 23.5 Å². The van der Waals surface area contributed by atoms with Gasteiger partial charge in [0.2, 0.25) is 0 Å². The minimum Gasteiger partial charge on any atom is -0.481 e. The molecule has 1 rings (SSSR count). The summed E-state index contributed by atoms with van der Waals surface area (Å²) in [7, 11) is 0. The summed E-state index contributed by atoms with van der Waals surface area (Å²) in [6.45, 7) is 0.520. The van der Waals surface area contributed by atoms with Crippen molar-refractivity contribution in [2.24, 2.45) is 0 Å². The summed E-state index contributed by atoms with van der Waals surface area (Å²) in [5, 5.41) is 11.3. The maximum atomic E-state index is 12.9. The second kappa shape index (κ2) is 7.02. The lowest BCUT2D eigenvalue weighted by Crippen LogP contribution is -2.37. The summed E-state index contributed by atoms with van der Waals surface area (Å²) in [5.41, 5.74) is 0.111. The first-order valence-corrected chi connectivity index (χ1v) is 6.35. The zero-order chi connectivity index (χ0) is 15.3. The first kappa shape index (κ1) is 16.1. The van der Waals surface area contributed by atoms with Gasteiger partial charge in [-0.1, -0.05) is 13.3 Å². The number of hydrogen-bond donors (Lipinski definition) is 2. The van der Waals surface area contributed by atoms with E-state index in [0.29, 0.717) is 17.4 Å². The van der Waals surface area contributed by atoms with Crippen LogP contribution in [0.3, 0.4) is 0 Å². The van der Waals surface area contributed by atoms with E-state index in [-0.39, 0.29) is 17.8 Å². The van der Waals surface area contributed by atoms with Crippen molar-refractivity contribution in [1.29, 1.82) is 0 Å². The number of amides is 1. The molecule has 0 saturated carbocycles. The minimum absolute atomic E-state index is 0.163. The van der Waals surface area contributed by atoms with Gasteiger partial charge in [-0.15, -0.1) is 0 Å². The molecule has 20 heavy (non-hydrogen) atoms. The predicted octanol–water partition coefficient (Wildman–Crippen LogP) is 2.56. The van der Waals surface area contributed by atoms with E-state index in [1.165, 1.54) is 19.1 Å². The van der Waals surface area contributed by atoms with Gasteiger partial charge in [-0.3, -0.25) is 14.2 Å². The molecule has 1 heterocycles. The molecule has 0 saturated heterocycles. The summed E-state index contributed by atoms with van der Waals surface area (Å²) in [4.78, 5) is 22.7. The Labute approximate surface area is 115 Å². The van der Waals surface area contributed by atoms with Gasteiger partial charge in [0.25, 0.3) is 5.91 Å². The van der Waals surface area contributed by atoms with Crippen LogP contribution in [0.2, 0.25) is 0 Å². The predicted molar refractivity (Wildman–Crippen MR) is 68.8 cm³/mol. The number of aliphatic carboxylic acids is 1. The Morgan fingerprint density at radius 2 is 2.05 bits per heavy atom. The molecule has 1 aromatic heterocycles. The second-order valence-corrected chi connectivity index (χ2v) is 4.56. The largest absolute Gasteiger partial charge is 0.481 e. The van der Waals surface area contributed by atoms with Gasteiger partial charge >= 0.3 is 12.5 Å². The van der Waals surface area contributed by atoms with Gasteiger partial charge in [-0.2, -0.15) is 8.78 Å². The van der Waals surface area contributed by atoms with E-state index in [0.717, 1.165) is 0 Å². The van der Waals surface area contributed by atoms with Crippen LogP contribution >= 0.6 is 0 Å². The third-order valence-electron chi connectivity index (χ3n) is 2.94. The fraction of sp³-hybridized carbons (Fsp3) is 0.538. The number of rotatable bonds is 7. The molecule has 0 aliphatic carbocycles. The van der Waals surface area contributed by atoms with E-state index in [9.17, 15) is 18.4 Å². The SMILES string of the molecule is CCC[C@@H](CC(=O)O)NC(=O)c1ccc(C)n1C(F)F. The topological polar surface area (TPSA) is 71.3 Å². The van der Waals surface area contributed by atoms with Crippen LogP contribution < -0.4 is 5.32 Å². The lowest BCUT2D eigenvalue weighted by Gasteiger charge is -2.17. The van der Waals surface area contributed by atoms with Gasteiger partial charge < -0.3 is 10.4 Å². The number of carbonyl (C=O) groups is 2. The monoisotopic (exact) mass is 288 g/mol. The molecule has 0 aliphatic rings. The summed E-state index contributed by atoms with van der Waals surface area (Å²) in [6, 6.07) is 2.17. The Bertz CT molecular complexity index is 486. The quantitative estimate of drug-likeness (QED) is 0.810. The Balaban J connectivity index is 2.86. The second-order valence-electron chi connectivity index (χ2n) is 4.56. The van der Waals surface area contributed by atoms with Gasteiger partial charge in [-0.05, 0) is 25.5 Å². The lowest BCUT2D eigenvalue weighted by atomic mass is 10.1. The van der Waals surface area contributed by atoms with Crippen molar-refractivity contribution < 1.29 is 23.5 Å². The van der Waals surface area contributed by atoms with Crippen LogP contribution in [0.25, 0.3) is 0 Å². The van der Waals surface area contributed by atoms with E-state index in [2.05, 4.69) is 5.32 Å². The maximum Gasteiger partial charge on any atom is 0.319 e. The summed E-state index contributed by atoms with van der Waals surface area (Å²) in [6.07, 6.45) is 0.938. The summed E-state index contributed by atoms with van der Waals surface area (Å²) >= 11 is 0. The molecule has 0 bridgehead atoms. The van der Waals surface area contributed by atoms with Gasteiger partial charge in [0.15, 0.2) is 0 Å². The number of aromatic nitrogens is 1. The molecule has 112 valence electrons. The zero-order valence-electron chi connectivity index (χ0n) is 11.4. The fourth-order valence-corrected chi connectivity index (χ4v) is 2.04. The Morgan fingerprint density at radius 3 is 2.55 bits per heavy atom. The molecular formula is C13H18F2N2O3. The molecule has 7 heteroatoms. The van der Waals surface area contributed by atoms with Crippen molar-refractivity contribution >= 4 is 11.9 Å². The lowest BCUT2D eigenvalue weighted by molar-refractivity contribution is -0.137. The van der Waals surface area contributed by atoms with Crippen LogP contribution in [0.5, 0.6) is 0 Å². The van der Waals surface area contributed by atoms with Crippen molar-refractivity contribution in [3.63, 3.8) is 0 Å². The minimum atomic E-state index is -2.81. The number of aryl methyl sites for hydroxylation is 1. The fourth-order valence-electron chi connectivity index (χ4n) is 2.04. The highest BCUT2D eigenvalue weighted by molar-refractivity contribution is 5.93. The van der Waals surface area contributed by atoms with Crippen molar-refractivity contribution in [2.45, 2.75) is 45.7 Å². The molecular weight excluding hydrogens is 270 g/mol. The molecule has 1 aromatic rings. The van der Waals surface area contributed by atoms with E-state index in [4.69, 9.17) is 5.11 Å². The van der Waals surface area contributed by atoms with Gasteiger partial charge in [0.05, 0.1) is 6.42 Å². The average Bonchev–Trinajstić information content (AvgIpc) is 2.70. The molecule has 1 atom stereocenters. The zero-order valence-corrected chi connectivity index (χ0v) is 11.4. The third kappa shape index (κ3) is 4.04. The molecule has 0 spiro atoms. The first-order chi connectivity index (χ1) is 9.36. The van der Waals surface area contributed by atoms with Gasteiger partial charge in [-0.25, -0.2) is 0 Å². The summed E-state index contributed by atoms with van der Waals surface area (Å²) < 4.78 is 26.4. The average molecular weight is 288 g/mol. The number of carboxylic acid groups (broad SMARTS) is 1. The van der Waals surface area contributed by atoms with Crippen LogP contribution in [-0.2, 0) is 4.79 Å². The standard InChI is InChI=1S/C13H18F2N2O3/c1-3-4-9(7-11(18)19)16-12(20)10-6-5-8(2)17(10)13(14)15/h5-6,9,13H,3-4,7H2,1-2H3,(H,16,20)(H,18,19)/t9-/m0/s1. The highest BCUT2D eigenvalue weighted by atomic mass is 19.3. The Kier molecular flexibility index (Phi) is 5.66. The van der Waals surface area contributed by atoms with E-state index >= 15 is 0 Å². The number of nitrogens with zero attached hydrogens (tertiary/aromatic N) is 1. The molecule has 0 radical (unpaired) electrons. The normalized spacial score (nSPS) is 12.4. The number of carbonyl (C=O) groups excluding carboxylic acids is 1. The van der Waals surface area contributed by atoms with Crippen LogP contribution in [0, 0.1) is 6.92 Å². The van der Waals surface area contributed by atoms with Crippen LogP contribution in [0.4, 0.5) is 8.78 Å². The van der Waals surface area contributed by atoms with Gasteiger partial charge in [0.1, 0.15) is 5.69 Å². The molecule has 0 unspecified atom stereocenters. The number of halogens is 2. The van der Waals surface area contributed by atoms with Crippen molar-refractivity contribution in [3.8, 4) is 0 Å². The molecule has 1 amide bonds. The molecule has 0 fully saturated rings. The van der Waals surface area contributed by atoms with Crippen LogP contribution in [0.15, 0.2) is 12.1 Å². The highest BCUT2D eigenvalue weighted by Gasteiger charge is 2.22. The van der Waals surface area contributed by atoms with Crippen LogP contribution in [-0.4, -0.2) is 27.6 Å². The first-order valence-electron chi connectivity index (χ1n) is 6.35. The Hall–Kier alpha value is -1.92.